The van der Waals surface area contributed by atoms with E-state index in [1.54, 1.807) is 48.7 Å². The summed E-state index contributed by atoms with van der Waals surface area (Å²) in [6.45, 7) is 8.20. The molecule has 0 spiro atoms. The molecule has 2 amide bonds. The third-order valence-electron chi connectivity index (χ3n) is 9.14. The summed E-state index contributed by atoms with van der Waals surface area (Å²) in [6.07, 6.45) is -2.51. The summed E-state index contributed by atoms with van der Waals surface area (Å²) in [5.74, 6) is 5.49. The summed E-state index contributed by atoms with van der Waals surface area (Å²) in [6, 6.07) is 18.9. The van der Waals surface area contributed by atoms with Gasteiger partial charge in [-0.1, -0.05) is 56.0 Å². The van der Waals surface area contributed by atoms with Crippen molar-refractivity contribution in [3.63, 3.8) is 0 Å². The van der Waals surface area contributed by atoms with E-state index in [2.05, 4.69) is 32.4 Å². The van der Waals surface area contributed by atoms with Crippen LogP contribution in [0, 0.1) is 24.6 Å². The van der Waals surface area contributed by atoms with Crippen LogP contribution in [0.25, 0.3) is 10.8 Å². The number of hydrogen-bond donors (Lipinski definition) is 4. The molecular formula is C42H41F4N5O3. The SMILES string of the molecule is CCN(CC)CC(O)CCC(=O)c1ccc(C#Cc2c(N)ncc3ccc(Cc4cc(NC(=O)Nc5cc(C(F)(F)F)ccc5F)ccc4C)cc23)cc1. The lowest BCUT2D eigenvalue weighted by atomic mass is 9.96. The first-order valence-corrected chi connectivity index (χ1v) is 17.5. The summed E-state index contributed by atoms with van der Waals surface area (Å²) < 4.78 is 53.5. The summed E-state index contributed by atoms with van der Waals surface area (Å²) in [7, 11) is 0. The number of nitrogens with two attached hydrogens (primary N) is 1. The maximum absolute atomic E-state index is 14.2. The first-order chi connectivity index (χ1) is 25.7. The number of aliphatic hydroxyl groups excluding tert-OH is 1. The highest BCUT2D eigenvalue weighted by Gasteiger charge is 2.31. The fraction of sp³-hybridized carbons (Fsp3) is 0.262. The smallest absolute Gasteiger partial charge is 0.392 e. The van der Waals surface area contributed by atoms with Crippen LogP contribution in [0.5, 0.6) is 0 Å². The number of fused-ring (bicyclic) bond motifs is 1. The highest BCUT2D eigenvalue weighted by atomic mass is 19.4. The van der Waals surface area contributed by atoms with Gasteiger partial charge in [0.2, 0.25) is 0 Å². The molecule has 5 aromatic rings. The Hall–Kier alpha value is -5.77. The van der Waals surface area contributed by atoms with Crippen molar-refractivity contribution in [3.05, 3.63) is 130 Å². The summed E-state index contributed by atoms with van der Waals surface area (Å²) in [5, 5.41) is 16.7. The molecule has 5 rings (SSSR count). The van der Waals surface area contributed by atoms with Crippen LogP contribution in [0.3, 0.4) is 0 Å². The molecule has 0 saturated heterocycles. The van der Waals surface area contributed by atoms with Gasteiger partial charge >= 0.3 is 12.2 Å². The Balaban J connectivity index is 1.29. The number of carbonyl (C=O) groups is 2. The highest BCUT2D eigenvalue weighted by molar-refractivity contribution is 6.00. The van der Waals surface area contributed by atoms with E-state index in [4.69, 9.17) is 5.73 Å². The Labute approximate surface area is 311 Å². The lowest BCUT2D eigenvalue weighted by Gasteiger charge is -2.21. The number of nitrogen functional groups attached to an aromatic ring is 1. The molecule has 54 heavy (non-hydrogen) atoms. The number of aromatic nitrogens is 1. The van der Waals surface area contributed by atoms with Crippen molar-refractivity contribution in [3.8, 4) is 11.8 Å². The molecule has 0 aliphatic heterocycles. The summed E-state index contributed by atoms with van der Waals surface area (Å²) in [5.41, 5.74) is 9.45. The van der Waals surface area contributed by atoms with Crippen molar-refractivity contribution in [1.29, 1.82) is 0 Å². The van der Waals surface area contributed by atoms with Crippen LogP contribution in [-0.4, -0.2) is 52.5 Å². The molecule has 4 aromatic carbocycles. The number of carbonyl (C=O) groups excluding carboxylic acids is 2. The van der Waals surface area contributed by atoms with Gasteiger partial charge in [-0.2, -0.15) is 13.2 Å². The van der Waals surface area contributed by atoms with Crippen molar-refractivity contribution in [1.82, 2.24) is 9.88 Å². The van der Waals surface area contributed by atoms with E-state index in [0.717, 1.165) is 40.6 Å². The number of anilines is 3. The van der Waals surface area contributed by atoms with Gasteiger partial charge in [0.15, 0.2) is 5.78 Å². The van der Waals surface area contributed by atoms with Gasteiger partial charge in [0.25, 0.3) is 0 Å². The predicted molar refractivity (Wildman–Crippen MR) is 204 cm³/mol. The number of nitrogens with zero attached hydrogens (tertiary/aromatic N) is 2. The van der Waals surface area contributed by atoms with Crippen molar-refractivity contribution >= 4 is 39.8 Å². The monoisotopic (exact) mass is 739 g/mol. The number of benzene rings is 4. The molecule has 12 heteroatoms. The maximum atomic E-state index is 14.2. The van der Waals surface area contributed by atoms with Crippen molar-refractivity contribution < 1.29 is 32.3 Å². The molecule has 5 N–H and O–H groups in total. The van der Waals surface area contributed by atoms with E-state index < -0.39 is 35.4 Å². The Morgan fingerprint density at radius 3 is 2.39 bits per heavy atom. The minimum Gasteiger partial charge on any atom is -0.392 e. The number of alkyl halides is 3. The van der Waals surface area contributed by atoms with E-state index in [-0.39, 0.29) is 18.0 Å². The second-order valence-corrected chi connectivity index (χ2v) is 13.0. The number of rotatable bonds is 12. The van der Waals surface area contributed by atoms with Gasteiger partial charge in [0.1, 0.15) is 11.6 Å². The number of Topliss-reactive ketones (excluding diaryl/α,β-unsaturated/α-hetero) is 1. The minimum absolute atomic E-state index is 0.0477. The Morgan fingerprint density at radius 1 is 0.944 bits per heavy atom. The van der Waals surface area contributed by atoms with Crippen molar-refractivity contribution in [2.45, 2.75) is 52.3 Å². The van der Waals surface area contributed by atoms with Gasteiger partial charge in [-0.05, 0) is 98.1 Å². The normalized spacial score (nSPS) is 11.9. The average molecular weight is 740 g/mol. The average Bonchev–Trinajstić information content (AvgIpc) is 3.14. The number of amides is 2. The molecule has 1 unspecified atom stereocenters. The van der Waals surface area contributed by atoms with Crippen LogP contribution in [0.1, 0.15) is 70.4 Å². The van der Waals surface area contributed by atoms with E-state index in [0.29, 0.717) is 60.0 Å². The molecule has 0 bridgehead atoms. The first-order valence-electron chi connectivity index (χ1n) is 17.5. The predicted octanol–water partition coefficient (Wildman–Crippen LogP) is 8.58. The van der Waals surface area contributed by atoms with E-state index in [1.165, 1.54) is 0 Å². The lowest BCUT2D eigenvalue weighted by Crippen LogP contribution is -2.32. The largest absolute Gasteiger partial charge is 0.416 e. The second-order valence-electron chi connectivity index (χ2n) is 13.0. The number of nitrogens with one attached hydrogen (secondary N) is 2. The first kappa shape index (κ1) is 39.4. The highest BCUT2D eigenvalue weighted by Crippen LogP contribution is 2.32. The number of ketones is 1. The lowest BCUT2D eigenvalue weighted by molar-refractivity contribution is -0.137. The molecular weight excluding hydrogens is 698 g/mol. The maximum Gasteiger partial charge on any atom is 0.416 e. The molecule has 1 heterocycles. The molecule has 280 valence electrons. The van der Waals surface area contributed by atoms with Crippen LogP contribution < -0.4 is 16.4 Å². The fourth-order valence-corrected chi connectivity index (χ4v) is 5.94. The van der Waals surface area contributed by atoms with Gasteiger partial charge < -0.3 is 26.4 Å². The Morgan fingerprint density at radius 2 is 1.69 bits per heavy atom. The number of urea groups is 1. The standard InChI is InChI=1S/C42H41F4N5O3/c1-4-51(5-2)25-34(52)16-19-39(53)29-11-7-27(8-12-29)10-17-35-36-21-28(9-13-30(36)24-48-40(35)47)20-31-22-33(15-6-26(31)3)49-41(54)50-38-23-32(42(44,45)46)14-18-37(38)43/h6-9,11-15,18,21-24,34,52H,4-5,16,19-20,25H2,1-3H3,(H2,47,48)(H2,49,50,54). The fourth-order valence-electron chi connectivity index (χ4n) is 5.94. The number of hydrogen-bond acceptors (Lipinski definition) is 6. The summed E-state index contributed by atoms with van der Waals surface area (Å²) in [4.78, 5) is 31.9. The molecule has 8 nitrogen and oxygen atoms in total. The number of likely N-dealkylation sites (N-methyl/N-ethyl adjacent to an activating group) is 1. The van der Waals surface area contributed by atoms with E-state index in [9.17, 15) is 32.3 Å². The van der Waals surface area contributed by atoms with Gasteiger partial charge in [-0.3, -0.25) is 4.79 Å². The molecule has 0 fully saturated rings. The zero-order chi connectivity index (χ0) is 39.0. The number of aryl methyl sites for hydroxylation is 1. The molecule has 0 radical (unpaired) electrons. The molecule has 0 aliphatic carbocycles. The van der Waals surface area contributed by atoms with Crippen LogP contribution in [-0.2, 0) is 12.6 Å². The topological polar surface area (TPSA) is 121 Å². The van der Waals surface area contributed by atoms with Gasteiger partial charge in [0.05, 0.1) is 22.9 Å². The number of pyridine rings is 1. The van der Waals surface area contributed by atoms with Crippen LogP contribution >= 0.6 is 0 Å². The second kappa shape index (κ2) is 17.4. The van der Waals surface area contributed by atoms with Crippen LogP contribution in [0.2, 0.25) is 0 Å². The zero-order valence-electron chi connectivity index (χ0n) is 30.2. The van der Waals surface area contributed by atoms with Gasteiger partial charge in [0, 0.05) is 46.7 Å². The summed E-state index contributed by atoms with van der Waals surface area (Å²) >= 11 is 0. The van der Waals surface area contributed by atoms with Crippen LogP contribution in [0.15, 0.2) is 85.1 Å². The molecule has 1 atom stereocenters. The van der Waals surface area contributed by atoms with Gasteiger partial charge in [-0.25, -0.2) is 14.2 Å². The third kappa shape index (κ3) is 10.2. The molecule has 1 aromatic heterocycles. The molecule has 0 saturated carbocycles. The van der Waals surface area contributed by atoms with Gasteiger partial charge in [-0.15, -0.1) is 0 Å². The van der Waals surface area contributed by atoms with Crippen molar-refractivity contribution in [2.75, 3.05) is 36.0 Å². The van der Waals surface area contributed by atoms with E-state index >= 15 is 0 Å². The number of aliphatic hydroxyl groups is 1. The van der Waals surface area contributed by atoms with Crippen LogP contribution in [0.4, 0.5) is 39.5 Å². The van der Waals surface area contributed by atoms with E-state index in [1.807, 2.05) is 39.0 Å². The number of halogens is 4. The third-order valence-corrected chi connectivity index (χ3v) is 9.14. The zero-order valence-corrected chi connectivity index (χ0v) is 30.2. The van der Waals surface area contributed by atoms with Crippen molar-refractivity contribution in [2.24, 2.45) is 0 Å². The minimum atomic E-state index is -4.70. The molecule has 0 aliphatic rings. The quantitative estimate of drug-likeness (QED) is 0.0578. The Kier molecular flexibility index (Phi) is 12.7. The Bertz CT molecular complexity index is 2210.